The second-order valence-electron chi connectivity index (χ2n) is 6.39. The zero-order valence-electron chi connectivity index (χ0n) is 16.5. The summed E-state index contributed by atoms with van der Waals surface area (Å²) in [6.07, 6.45) is -0.318. The summed E-state index contributed by atoms with van der Waals surface area (Å²) >= 11 is 6.29. The maximum Gasteiger partial charge on any atom is 0.311 e. The summed E-state index contributed by atoms with van der Waals surface area (Å²) in [7, 11) is 4.42. The topological polar surface area (TPSA) is 41.1 Å². The van der Waals surface area contributed by atoms with Gasteiger partial charge >= 0.3 is 6.08 Å². The number of hydrogen-bond acceptors (Lipinski definition) is 4. The first-order chi connectivity index (χ1) is 12.7. The minimum atomic E-state index is -0.990. The number of hydrogen-bond donors (Lipinski definition) is 1. The first kappa shape index (κ1) is 23.7. The molecule has 1 unspecified atom stereocenters. The van der Waals surface area contributed by atoms with Crippen LogP contribution in [0.2, 0.25) is 5.02 Å². The normalized spacial score (nSPS) is 10.9. The summed E-state index contributed by atoms with van der Waals surface area (Å²) in [6, 6.07) is 1.15. The van der Waals surface area contributed by atoms with Crippen LogP contribution in [0.1, 0.15) is 39.7 Å². The highest BCUT2D eigenvalue weighted by atomic mass is 35.5. The van der Waals surface area contributed by atoms with Gasteiger partial charge in [0.15, 0.2) is 5.82 Å². The molecular formula is C19H28ClF2N4P. The Bertz CT molecular complexity index is 797. The van der Waals surface area contributed by atoms with Gasteiger partial charge in [0.2, 0.25) is 0 Å². The van der Waals surface area contributed by atoms with Crippen molar-refractivity contribution in [3.63, 3.8) is 0 Å². The first-order valence-electron chi connectivity index (χ1n) is 8.93. The Kier molecular flexibility index (Phi) is 9.51. The molecule has 0 fully saturated rings. The number of halogens is 3. The third-order valence-electron chi connectivity index (χ3n) is 3.62. The van der Waals surface area contributed by atoms with E-state index in [-0.39, 0.29) is 16.4 Å². The summed E-state index contributed by atoms with van der Waals surface area (Å²) in [5.41, 5.74) is 1.21. The molecule has 1 heterocycles. The third kappa shape index (κ3) is 6.34. The highest BCUT2D eigenvalue weighted by molar-refractivity contribution is 7.13. The van der Waals surface area contributed by atoms with E-state index in [4.69, 9.17) is 11.6 Å². The van der Waals surface area contributed by atoms with E-state index in [1.54, 1.807) is 0 Å². The molecule has 0 aliphatic carbocycles. The number of rotatable bonds is 7. The predicted octanol–water partition coefficient (Wildman–Crippen LogP) is 5.78. The molecule has 27 heavy (non-hydrogen) atoms. The van der Waals surface area contributed by atoms with Crippen LogP contribution in [0.3, 0.4) is 0 Å². The maximum atomic E-state index is 14.4. The van der Waals surface area contributed by atoms with Crippen LogP contribution in [-0.4, -0.2) is 34.8 Å². The van der Waals surface area contributed by atoms with Gasteiger partial charge in [0.1, 0.15) is 11.3 Å². The summed E-state index contributed by atoms with van der Waals surface area (Å²) in [6.45, 7) is 13.3. The molecule has 0 saturated carbocycles. The van der Waals surface area contributed by atoms with Crippen LogP contribution < -0.4 is 5.32 Å². The van der Waals surface area contributed by atoms with Crippen molar-refractivity contribution in [1.82, 2.24) is 14.6 Å². The molecule has 1 aromatic carbocycles. The Morgan fingerprint density at radius 1 is 1.33 bits per heavy atom. The molecule has 0 spiro atoms. The lowest BCUT2D eigenvalue weighted by molar-refractivity contribution is 0.540. The largest absolute Gasteiger partial charge is 0.368 e. The molecule has 4 nitrogen and oxygen atoms in total. The first-order valence-corrected chi connectivity index (χ1v) is 9.83. The van der Waals surface area contributed by atoms with Gasteiger partial charge in [-0.15, -0.1) is 0 Å². The highest BCUT2D eigenvalue weighted by Crippen LogP contribution is 2.38. The van der Waals surface area contributed by atoms with E-state index in [1.807, 2.05) is 25.6 Å². The van der Waals surface area contributed by atoms with E-state index in [0.29, 0.717) is 36.4 Å². The van der Waals surface area contributed by atoms with Crippen molar-refractivity contribution in [2.45, 2.75) is 34.1 Å². The van der Waals surface area contributed by atoms with Crippen LogP contribution >= 0.6 is 21.0 Å². The molecule has 2 rings (SSSR count). The predicted molar refractivity (Wildman–Crippen MR) is 115 cm³/mol. The molecule has 8 heteroatoms. The average molecular weight is 417 g/mol. The van der Waals surface area contributed by atoms with E-state index < -0.39 is 11.9 Å². The van der Waals surface area contributed by atoms with Crippen molar-refractivity contribution in [1.29, 1.82) is 0 Å². The summed E-state index contributed by atoms with van der Waals surface area (Å²) in [5.74, 6) is -0.128. The lowest BCUT2D eigenvalue weighted by atomic mass is 9.94. The molecule has 2 aromatic rings. The molecule has 0 bridgehead atoms. The summed E-state index contributed by atoms with van der Waals surface area (Å²) in [5, 5.41) is 3.63. The number of nitrogens with zero attached hydrogens (tertiary/aromatic N) is 3. The van der Waals surface area contributed by atoms with E-state index in [9.17, 15) is 8.78 Å². The minimum Gasteiger partial charge on any atom is -0.368 e. The second kappa shape index (κ2) is 10.8. The molecule has 0 amide bonds. The lowest BCUT2D eigenvalue weighted by Crippen LogP contribution is -2.17. The van der Waals surface area contributed by atoms with Crippen molar-refractivity contribution < 1.29 is 8.78 Å². The van der Waals surface area contributed by atoms with Crippen molar-refractivity contribution in [2.75, 3.05) is 25.5 Å². The van der Waals surface area contributed by atoms with Gasteiger partial charge in [-0.05, 0) is 31.0 Å². The Labute approximate surface area is 167 Å². The SMILES string of the molecule is C=C(CC(C)C)c1c(Cl)cc(F)c2nc(F)nc(NCCN(C)P)c12.CC. The average Bonchev–Trinajstić information content (AvgIpc) is 2.56. The van der Waals surface area contributed by atoms with Crippen LogP contribution in [-0.2, 0) is 0 Å². The Hall–Kier alpha value is -1.36. The van der Waals surface area contributed by atoms with Crippen LogP contribution in [0.4, 0.5) is 14.6 Å². The number of anilines is 1. The number of aromatic nitrogens is 2. The van der Waals surface area contributed by atoms with Crippen LogP contribution in [0.25, 0.3) is 16.5 Å². The zero-order valence-corrected chi connectivity index (χ0v) is 18.4. The number of likely N-dealkylation sites (N-methyl/N-ethyl adjacent to an activating group) is 1. The standard InChI is InChI=1S/C17H22ClF2N4P.C2H6/c1-9(2)7-10(3)13-11(18)8-12(19)15-14(13)16(23-17(20)22-15)21-5-6-24(4)25;1-2/h8-9H,3,5-7,25H2,1-2,4H3,(H,21,22,23);1-2H3. The molecule has 1 atom stereocenters. The monoisotopic (exact) mass is 416 g/mol. The molecule has 0 radical (unpaired) electrons. The smallest absolute Gasteiger partial charge is 0.311 e. The van der Waals surface area contributed by atoms with Crippen LogP contribution in [0.5, 0.6) is 0 Å². The van der Waals surface area contributed by atoms with Gasteiger partial charge in [0.05, 0.1) is 10.4 Å². The highest BCUT2D eigenvalue weighted by Gasteiger charge is 2.20. The minimum absolute atomic E-state index is 0.0986. The van der Waals surface area contributed by atoms with E-state index >= 15 is 0 Å². The zero-order chi connectivity index (χ0) is 20.7. The molecule has 1 aromatic heterocycles. The van der Waals surface area contributed by atoms with E-state index in [1.165, 1.54) is 0 Å². The lowest BCUT2D eigenvalue weighted by Gasteiger charge is -2.17. The van der Waals surface area contributed by atoms with Crippen molar-refractivity contribution in [3.8, 4) is 0 Å². The Morgan fingerprint density at radius 3 is 2.52 bits per heavy atom. The van der Waals surface area contributed by atoms with Crippen molar-refractivity contribution in [3.05, 3.63) is 35.1 Å². The molecule has 150 valence electrons. The second-order valence-corrected chi connectivity index (χ2v) is 7.68. The van der Waals surface area contributed by atoms with E-state index in [0.717, 1.165) is 11.6 Å². The van der Waals surface area contributed by atoms with Gasteiger partial charge in [-0.25, -0.2) is 4.39 Å². The summed E-state index contributed by atoms with van der Waals surface area (Å²) < 4.78 is 30.0. The number of allylic oxidation sites excluding steroid dienone is 1. The molecular weight excluding hydrogens is 389 g/mol. The number of fused-ring (bicyclic) bond motifs is 1. The Morgan fingerprint density at radius 2 is 1.96 bits per heavy atom. The van der Waals surface area contributed by atoms with Crippen LogP contribution in [0.15, 0.2) is 12.6 Å². The van der Waals surface area contributed by atoms with E-state index in [2.05, 4.69) is 45.1 Å². The molecule has 0 aliphatic heterocycles. The number of benzene rings is 1. The van der Waals surface area contributed by atoms with Gasteiger partial charge < -0.3 is 5.32 Å². The third-order valence-corrected chi connectivity index (χ3v) is 4.17. The fourth-order valence-electron chi connectivity index (χ4n) is 2.63. The van der Waals surface area contributed by atoms with Gasteiger partial charge in [-0.3, -0.25) is 4.67 Å². The van der Waals surface area contributed by atoms with Crippen LogP contribution in [0, 0.1) is 17.8 Å². The molecule has 0 aliphatic rings. The maximum absolute atomic E-state index is 14.4. The Balaban J connectivity index is 0.00000176. The fourth-order valence-corrected chi connectivity index (χ4v) is 3.09. The summed E-state index contributed by atoms with van der Waals surface area (Å²) in [4.78, 5) is 7.46. The fraction of sp³-hybridized carbons (Fsp3) is 0.474. The van der Waals surface area contributed by atoms with Gasteiger partial charge in [0, 0.05) is 18.7 Å². The molecule has 0 saturated heterocycles. The van der Waals surface area contributed by atoms with Crippen molar-refractivity contribution >= 4 is 43.3 Å². The molecule has 1 N–H and O–H groups in total. The number of nitrogens with one attached hydrogen (secondary N) is 1. The van der Waals surface area contributed by atoms with Gasteiger partial charge in [0.25, 0.3) is 0 Å². The van der Waals surface area contributed by atoms with Crippen molar-refractivity contribution in [2.24, 2.45) is 5.92 Å². The van der Waals surface area contributed by atoms with Gasteiger partial charge in [-0.2, -0.15) is 14.4 Å². The quantitative estimate of drug-likeness (QED) is 0.458. The van der Waals surface area contributed by atoms with Gasteiger partial charge in [-0.1, -0.05) is 55.3 Å².